The van der Waals surface area contributed by atoms with Crippen LogP contribution in [0.2, 0.25) is 0 Å². The van der Waals surface area contributed by atoms with Crippen molar-refractivity contribution in [2.24, 2.45) is 0 Å². The van der Waals surface area contributed by atoms with Crippen molar-refractivity contribution in [1.29, 1.82) is 0 Å². The van der Waals surface area contributed by atoms with Crippen molar-refractivity contribution in [2.75, 3.05) is 5.73 Å². The third-order valence-electron chi connectivity index (χ3n) is 2.43. The molecular weight excluding hydrogens is 236 g/mol. The van der Waals surface area contributed by atoms with Gasteiger partial charge in [-0.25, -0.2) is 4.98 Å². The lowest BCUT2D eigenvalue weighted by Crippen LogP contribution is -2.10. The van der Waals surface area contributed by atoms with Crippen LogP contribution in [0.5, 0.6) is 0 Å². The van der Waals surface area contributed by atoms with E-state index in [0.29, 0.717) is 11.4 Å². The lowest BCUT2D eigenvalue weighted by atomic mass is 10.2. The van der Waals surface area contributed by atoms with Gasteiger partial charge >= 0.3 is 0 Å². The first-order valence-electron chi connectivity index (χ1n) is 5.08. The van der Waals surface area contributed by atoms with E-state index in [1.165, 1.54) is 12.3 Å². The number of nitrogens with one attached hydrogen (secondary N) is 3. The Morgan fingerprint density at radius 1 is 1.17 bits per heavy atom. The van der Waals surface area contributed by atoms with Crippen molar-refractivity contribution in [3.8, 4) is 11.4 Å². The SMILES string of the molecule is Nc1nc2nc(-c3cc[nH]c(=O)c3)[nH]c2c(=O)[nH]1. The van der Waals surface area contributed by atoms with Gasteiger partial charge in [-0.3, -0.25) is 14.6 Å². The summed E-state index contributed by atoms with van der Waals surface area (Å²) in [6, 6.07) is 3.03. The molecule has 3 heterocycles. The van der Waals surface area contributed by atoms with Crippen molar-refractivity contribution in [1.82, 2.24) is 24.9 Å². The van der Waals surface area contributed by atoms with E-state index in [-0.39, 0.29) is 22.7 Å². The number of pyridine rings is 1. The molecule has 0 saturated heterocycles. The predicted octanol–water partition coefficient (Wildman–Crippen LogP) is -0.416. The first-order valence-corrected chi connectivity index (χ1v) is 5.08. The van der Waals surface area contributed by atoms with Gasteiger partial charge in [-0.1, -0.05) is 0 Å². The van der Waals surface area contributed by atoms with Crippen molar-refractivity contribution in [3.63, 3.8) is 0 Å². The zero-order valence-electron chi connectivity index (χ0n) is 9.02. The molecule has 18 heavy (non-hydrogen) atoms. The molecule has 0 fully saturated rings. The van der Waals surface area contributed by atoms with Gasteiger partial charge in [0, 0.05) is 17.8 Å². The fraction of sp³-hybridized carbons (Fsp3) is 0. The van der Waals surface area contributed by atoms with E-state index < -0.39 is 5.56 Å². The highest BCUT2D eigenvalue weighted by molar-refractivity contribution is 5.75. The van der Waals surface area contributed by atoms with Gasteiger partial charge in [0.2, 0.25) is 11.5 Å². The molecule has 5 N–H and O–H groups in total. The van der Waals surface area contributed by atoms with Crippen LogP contribution < -0.4 is 16.9 Å². The lowest BCUT2D eigenvalue weighted by Gasteiger charge is -1.92. The normalized spacial score (nSPS) is 10.9. The van der Waals surface area contributed by atoms with Crippen LogP contribution in [0.1, 0.15) is 0 Å². The predicted molar refractivity (Wildman–Crippen MR) is 65.0 cm³/mol. The zero-order chi connectivity index (χ0) is 12.7. The minimum Gasteiger partial charge on any atom is -0.369 e. The third kappa shape index (κ3) is 1.56. The topological polar surface area (TPSA) is 133 Å². The molecule has 0 saturated carbocycles. The van der Waals surface area contributed by atoms with E-state index in [0.717, 1.165) is 0 Å². The van der Waals surface area contributed by atoms with E-state index in [1.807, 2.05) is 0 Å². The van der Waals surface area contributed by atoms with Gasteiger partial charge in [-0.15, -0.1) is 0 Å². The van der Waals surface area contributed by atoms with Gasteiger partial charge < -0.3 is 15.7 Å². The summed E-state index contributed by atoms with van der Waals surface area (Å²) in [7, 11) is 0. The number of hydrogen-bond donors (Lipinski definition) is 4. The van der Waals surface area contributed by atoms with E-state index in [1.54, 1.807) is 6.07 Å². The van der Waals surface area contributed by atoms with Crippen molar-refractivity contribution in [3.05, 3.63) is 39.0 Å². The first kappa shape index (κ1) is 10.3. The fourth-order valence-corrected chi connectivity index (χ4v) is 1.65. The third-order valence-corrected chi connectivity index (χ3v) is 2.43. The smallest absolute Gasteiger partial charge is 0.278 e. The molecule has 0 amide bonds. The molecule has 3 rings (SSSR count). The Morgan fingerprint density at radius 3 is 2.78 bits per heavy atom. The molecule has 0 atom stereocenters. The number of hydrogen-bond acceptors (Lipinski definition) is 5. The molecule has 0 bridgehead atoms. The van der Waals surface area contributed by atoms with Crippen molar-refractivity contribution < 1.29 is 0 Å². The average molecular weight is 244 g/mol. The number of H-pyrrole nitrogens is 3. The van der Waals surface area contributed by atoms with E-state index in [2.05, 4.69) is 24.9 Å². The fourth-order valence-electron chi connectivity index (χ4n) is 1.65. The first-order chi connectivity index (χ1) is 8.63. The van der Waals surface area contributed by atoms with Gasteiger partial charge in [-0.05, 0) is 6.07 Å². The molecule has 0 aliphatic carbocycles. The highest BCUT2D eigenvalue weighted by Gasteiger charge is 2.10. The molecule has 90 valence electrons. The molecule has 0 radical (unpaired) electrons. The van der Waals surface area contributed by atoms with E-state index >= 15 is 0 Å². The molecule has 0 aliphatic rings. The van der Waals surface area contributed by atoms with Crippen LogP contribution in [0.3, 0.4) is 0 Å². The number of imidazole rings is 1. The summed E-state index contributed by atoms with van der Waals surface area (Å²) in [6.45, 7) is 0. The molecule has 3 aromatic heterocycles. The summed E-state index contributed by atoms with van der Waals surface area (Å²) in [4.78, 5) is 38.5. The number of nitrogen functional groups attached to an aromatic ring is 1. The Hall–Kier alpha value is -2.90. The number of rotatable bonds is 1. The average Bonchev–Trinajstić information content (AvgIpc) is 2.73. The van der Waals surface area contributed by atoms with Gasteiger partial charge in [0.25, 0.3) is 5.56 Å². The molecule has 0 unspecified atom stereocenters. The highest BCUT2D eigenvalue weighted by Crippen LogP contribution is 2.15. The number of nitrogens with two attached hydrogens (primary N) is 1. The Balaban J connectivity index is 2.29. The van der Waals surface area contributed by atoms with E-state index in [4.69, 9.17) is 5.73 Å². The summed E-state index contributed by atoms with van der Waals surface area (Å²) in [5, 5.41) is 0. The summed E-state index contributed by atoms with van der Waals surface area (Å²) < 4.78 is 0. The molecule has 8 heteroatoms. The number of anilines is 1. The maximum absolute atomic E-state index is 11.6. The maximum atomic E-state index is 11.6. The molecule has 0 spiro atoms. The number of nitrogens with zero attached hydrogens (tertiary/aromatic N) is 2. The molecule has 3 aromatic rings. The molecule has 0 aliphatic heterocycles. The minimum absolute atomic E-state index is 0.00328. The maximum Gasteiger partial charge on any atom is 0.278 e. The van der Waals surface area contributed by atoms with Crippen LogP contribution in [0, 0.1) is 0 Å². The van der Waals surface area contributed by atoms with Crippen molar-refractivity contribution >= 4 is 17.1 Å². The van der Waals surface area contributed by atoms with Crippen LogP contribution in [0.15, 0.2) is 27.9 Å². The second-order valence-electron chi connectivity index (χ2n) is 3.68. The van der Waals surface area contributed by atoms with Crippen LogP contribution >= 0.6 is 0 Å². The summed E-state index contributed by atoms with van der Waals surface area (Å²) in [5.41, 5.74) is 5.76. The second kappa shape index (κ2) is 3.55. The van der Waals surface area contributed by atoms with Crippen LogP contribution in [0.4, 0.5) is 5.95 Å². The summed E-state index contributed by atoms with van der Waals surface area (Å²) >= 11 is 0. The Morgan fingerprint density at radius 2 is 2.00 bits per heavy atom. The van der Waals surface area contributed by atoms with Gasteiger partial charge in [0.15, 0.2) is 11.2 Å². The number of aromatic nitrogens is 5. The molecular formula is C10H8N6O2. The quantitative estimate of drug-likeness (QED) is 0.461. The Bertz CT molecular complexity index is 843. The zero-order valence-corrected chi connectivity index (χ0v) is 9.02. The monoisotopic (exact) mass is 244 g/mol. The second-order valence-corrected chi connectivity index (χ2v) is 3.68. The van der Waals surface area contributed by atoms with Crippen LogP contribution in [-0.4, -0.2) is 24.9 Å². The van der Waals surface area contributed by atoms with Crippen LogP contribution in [-0.2, 0) is 0 Å². The van der Waals surface area contributed by atoms with Crippen LogP contribution in [0.25, 0.3) is 22.6 Å². The molecule has 0 aromatic carbocycles. The standard InChI is InChI=1S/C10H8N6O2/c11-10-15-8-6(9(18)16-10)13-7(14-8)4-1-2-12-5(17)3-4/h1-3H,(H,12,17)(H4,11,13,14,15,16,18). The van der Waals surface area contributed by atoms with Gasteiger partial charge in [0.05, 0.1) is 0 Å². The Kier molecular flexibility index (Phi) is 2.03. The van der Waals surface area contributed by atoms with Gasteiger partial charge in [0.1, 0.15) is 5.82 Å². The number of aromatic amines is 3. The Labute approximate surface area is 98.9 Å². The summed E-state index contributed by atoms with van der Waals surface area (Å²) in [6.07, 6.45) is 1.50. The lowest BCUT2D eigenvalue weighted by molar-refractivity contribution is 1.17. The molecule has 8 nitrogen and oxygen atoms in total. The highest BCUT2D eigenvalue weighted by atomic mass is 16.1. The summed E-state index contributed by atoms with van der Waals surface area (Å²) in [5.74, 6) is 0.385. The minimum atomic E-state index is -0.402. The largest absolute Gasteiger partial charge is 0.369 e. The van der Waals surface area contributed by atoms with E-state index in [9.17, 15) is 9.59 Å². The van der Waals surface area contributed by atoms with Gasteiger partial charge in [-0.2, -0.15) is 4.98 Å². The number of fused-ring (bicyclic) bond motifs is 1. The van der Waals surface area contributed by atoms with Crippen molar-refractivity contribution in [2.45, 2.75) is 0 Å².